The lowest BCUT2D eigenvalue weighted by Crippen LogP contribution is -2.47. The van der Waals surface area contributed by atoms with Crippen LogP contribution in [0.3, 0.4) is 0 Å². The molecule has 1 aromatic rings. The zero-order chi connectivity index (χ0) is 15.4. The van der Waals surface area contributed by atoms with Gasteiger partial charge < -0.3 is 15.3 Å². The van der Waals surface area contributed by atoms with Crippen LogP contribution in [0, 0.1) is 0 Å². The van der Waals surface area contributed by atoms with Crippen molar-refractivity contribution in [2.45, 2.75) is 56.7 Å². The largest absolute Gasteiger partial charge is 0.394 e. The Kier molecular flexibility index (Phi) is 5.75. The number of rotatable bonds is 5. The number of halogens is 1. The molecule has 2 N–H and O–H groups in total. The van der Waals surface area contributed by atoms with E-state index in [2.05, 4.69) is 10.2 Å². The van der Waals surface area contributed by atoms with Gasteiger partial charge in [0.25, 0.3) is 0 Å². The molecule has 2 fully saturated rings. The number of aliphatic hydroxyl groups is 1. The molecule has 0 spiro atoms. The first kappa shape index (κ1) is 16.3. The predicted molar refractivity (Wildman–Crippen MR) is 91.3 cm³/mol. The first-order chi connectivity index (χ1) is 10.8. The third-order valence-electron chi connectivity index (χ3n) is 5.26. The van der Waals surface area contributed by atoms with Crippen molar-refractivity contribution in [3.8, 4) is 0 Å². The summed E-state index contributed by atoms with van der Waals surface area (Å²) in [7, 11) is 0. The lowest BCUT2D eigenvalue weighted by atomic mass is 9.99. The number of aliphatic hydroxyl groups excluding tert-OH is 1. The number of hydrogen-bond acceptors (Lipinski definition) is 3. The summed E-state index contributed by atoms with van der Waals surface area (Å²) in [6, 6.07) is 9.15. The van der Waals surface area contributed by atoms with Crippen molar-refractivity contribution in [1.82, 2.24) is 10.2 Å². The smallest absolute Gasteiger partial charge is 0.0626 e. The van der Waals surface area contributed by atoms with Crippen LogP contribution in [-0.4, -0.2) is 41.8 Å². The highest BCUT2D eigenvalue weighted by Crippen LogP contribution is 2.27. The fourth-order valence-corrected chi connectivity index (χ4v) is 4.06. The molecule has 1 unspecified atom stereocenters. The van der Waals surface area contributed by atoms with Crippen LogP contribution in [0.15, 0.2) is 24.3 Å². The van der Waals surface area contributed by atoms with Crippen molar-refractivity contribution in [2.24, 2.45) is 0 Å². The molecule has 1 aliphatic heterocycles. The Labute approximate surface area is 138 Å². The Morgan fingerprint density at radius 1 is 1.09 bits per heavy atom. The molecule has 22 heavy (non-hydrogen) atoms. The van der Waals surface area contributed by atoms with Gasteiger partial charge in [-0.1, -0.05) is 36.6 Å². The van der Waals surface area contributed by atoms with E-state index < -0.39 is 0 Å². The average Bonchev–Trinajstić information content (AvgIpc) is 3.09. The van der Waals surface area contributed by atoms with Crippen LogP contribution in [0.25, 0.3) is 0 Å². The average molecular weight is 323 g/mol. The van der Waals surface area contributed by atoms with Crippen molar-refractivity contribution >= 4 is 11.6 Å². The first-order valence-electron chi connectivity index (χ1n) is 8.62. The van der Waals surface area contributed by atoms with Crippen LogP contribution >= 0.6 is 11.6 Å². The Morgan fingerprint density at radius 2 is 1.73 bits per heavy atom. The monoisotopic (exact) mass is 322 g/mol. The molecule has 0 aromatic heterocycles. The maximum Gasteiger partial charge on any atom is 0.0626 e. The maximum atomic E-state index is 9.70. The van der Waals surface area contributed by atoms with E-state index in [0.717, 1.165) is 16.6 Å². The van der Waals surface area contributed by atoms with Gasteiger partial charge in [0, 0.05) is 17.1 Å². The van der Waals surface area contributed by atoms with Crippen molar-refractivity contribution < 1.29 is 5.11 Å². The minimum atomic E-state index is 0.0142. The fourth-order valence-electron chi connectivity index (χ4n) is 3.93. The number of likely N-dealkylation sites (tertiary alicyclic amines) is 1. The van der Waals surface area contributed by atoms with Gasteiger partial charge in [-0.3, -0.25) is 0 Å². The minimum absolute atomic E-state index is 0.0142. The molecule has 1 heterocycles. The van der Waals surface area contributed by atoms with Crippen molar-refractivity contribution in [3.63, 3.8) is 0 Å². The van der Waals surface area contributed by atoms with Gasteiger partial charge in [0.05, 0.1) is 12.6 Å². The molecule has 3 rings (SSSR count). The maximum absolute atomic E-state index is 9.70. The van der Waals surface area contributed by atoms with E-state index in [0.29, 0.717) is 6.04 Å². The van der Waals surface area contributed by atoms with Crippen LogP contribution < -0.4 is 5.32 Å². The van der Waals surface area contributed by atoms with Gasteiger partial charge in [-0.2, -0.15) is 0 Å². The summed E-state index contributed by atoms with van der Waals surface area (Å²) in [5.41, 5.74) is 1.12. The van der Waals surface area contributed by atoms with Crippen LogP contribution in [0.5, 0.6) is 0 Å². The molecule has 1 aliphatic carbocycles. The minimum Gasteiger partial charge on any atom is -0.394 e. The molecule has 2 aliphatic rings. The highest BCUT2D eigenvalue weighted by Gasteiger charge is 2.28. The molecule has 4 heteroatoms. The van der Waals surface area contributed by atoms with Crippen LogP contribution in [0.1, 0.15) is 50.1 Å². The number of nitrogens with zero attached hydrogens (tertiary/aromatic N) is 1. The van der Waals surface area contributed by atoms with E-state index in [4.69, 9.17) is 11.6 Å². The molecule has 1 saturated carbocycles. The van der Waals surface area contributed by atoms with Crippen LogP contribution in [0.4, 0.5) is 0 Å². The Hall–Kier alpha value is -0.610. The normalized spacial score (nSPS) is 23.0. The molecule has 1 saturated heterocycles. The SMILES string of the molecule is OCC(NC1CCN(C2CCCC2)CC1)c1ccc(Cl)cc1. The van der Waals surface area contributed by atoms with Crippen molar-refractivity contribution in [3.05, 3.63) is 34.9 Å². The number of nitrogens with one attached hydrogen (secondary N) is 1. The van der Waals surface area contributed by atoms with E-state index in [1.807, 2.05) is 24.3 Å². The zero-order valence-electron chi connectivity index (χ0n) is 13.2. The highest BCUT2D eigenvalue weighted by molar-refractivity contribution is 6.30. The van der Waals surface area contributed by atoms with Gasteiger partial charge in [-0.15, -0.1) is 0 Å². The molecular formula is C18H27ClN2O. The second-order valence-electron chi connectivity index (χ2n) is 6.70. The van der Waals surface area contributed by atoms with E-state index in [1.54, 1.807) is 0 Å². The number of benzene rings is 1. The quantitative estimate of drug-likeness (QED) is 0.872. The summed E-state index contributed by atoms with van der Waals surface area (Å²) in [4.78, 5) is 2.68. The topological polar surface area (TPSA) is 35.5 Å². The van der Waals surface area contributed by atoms with E-state index in [-0.39, 0.29) is 12.6 Å². The molecule has 0 radical (unpaired) electrons. The fraction of sp³-hybridized carbons (Fsp3) is 0.667. The Balaban J connectivity index is 1.51. The molecule has 0 amide bonds. The van der Waals surface area contributed by atoms with Crippen LogP contribution in [-0.2, 0) is 0 Å². The summed E-state index contributed by atoms with van der Waals surface area (Å²) < 4.78 is 0. The second kappa shape index (κ2) is 7.78. The zero-order valence-corrected chi connectivity index (χ0v) is 13.9. The highest BCUT2D eigenvalue weighted by atomic mass is 35.5. The number of piperidine rings is 1. The predicted octanol–water partition coefficient (Wildman–Crippen LogP) is 3.37. The van der Waals surface area contributed by atoms with Gasteiger partial charge in [0.2, 0.25) is 0 Å². The standard InChI is InChI=1S/C18H27ClN2O/c19-15-7-5-14(6-8-15)18(13-22)20-16-9-11-21(12-10-16)17-3-1-2-4-17/h5-8,16-18,20,22H,1-4,9-13H2. The third-order valence-corrected chi connectivity index (χ3v) is 5.51. The number of hydrogen-bond donors (Lipinski definition) is 2. The van der Waals surface area contributed by atoms with Crippen molar-refractivity contribution in [2.75, 3.05) is 19.7 Å². The molecule has 0 bridgehead atoms. The van der Waals surface area contributed by atoms with Gasteiger partial charge in [-0.05, 0) is 56.5 Å². The Morgan fingerprint density at radius 3 is 2.32 bits per heavy atom. The summed E-state index contributed by atoms with van der Waals surface area (Å²) in [5.74, 6) is 0. The van der Waals surface area contributed by atoms with Gasteiger partial charge >= 0.3 is 0 Å². The lowest BCUT2D eigenvalue weighted by Gasteiger charge is -2.37. The Bertz CT molecular complexity index is 451. The van der Waals surface area contributed by atoms with Gasteiger partial charge in [0.1, 0.15) is 0 Å². The molecule has 1 atom stereocenters. The summed E-state index contributed by atoms with van der Waals surface area (Å²) >= 11 is 5.94. The third kappa shape index (κ3) is 4.02. The molecular weight excluding hydrogens is 296 g/mol. The molecule has 122 valence electrons. The van der Waals surface area contributed by atoms with Gasteiger partial charge in [0.15, 0.2) is 0 Å². The molecule has 3 nitrogen and oxygen atoms in total. The van der Waals surface area contributed by atoms with Gasteiger partial charge in [-0.25, -0.2) is 0 Å². The summed E-state index contributed by atoms with van der Waals surface area (Å²) in [5, 5.41) is 14.1. The van der Waals surface area contributed by atoms with Crippen molar-refractivity contribution in [1.29, 1.82) is 0 Å². The van der Waals surface area contributed by atoms with Crippen LogP contribution in [0.2, 0.25) is 5.02 Å². The summed E-state index contributed by atoms with van der Waals surface area (Å²) in [6.45, 7) is 2.52. The molecule has 1 aromatic carbocycles. The summed E-state index contributed by atoms with van der Waals surface area (Å²) in [6.07, 6.45) is 7.96. The first-order valence-corrected chi connectivity index (χ1v) is 9.00. The second-order valence-corrected chi connectivity index (χ2v) is 7.14. The van der Waals surface area contributed by atoms with E-state index in [9.17, 15) is 5.11 Å². The van der Waals surface area contributed by atoms with E-state index in [1.165, 1.54) is 51.6 Å². The van der Waals surface area contributed by atoms with E-state index >= 15 is 0 Å². The lowest BCUT2D eigenvalue weighted by molar-refractivity contribution is 0.133.